The van der Waals surface area contributed by atoms with Crippen molar-refractivity contribution in [3.8, 4) is 0 Å². The summed E-state index contributed by atoms with van der Waals surface area (Å²) in [7, 11) is 0. The van der Waals surface area contributed by atoms with E-state index in [2.05, 4.69) is 15.3 Å². The van der Waals surface area contributed by atoms with Crippen LogP contribution in [0.25, 0.3) is 10.2 Å². The van der Waals surface area contributed by atoms with Crippen LogP contribution in [0.1, 0.15) is 11.8 Å². The number of nitrogens with zero attached hydrogens (tertiary/aromatic N) is 3. The van der Waals surface area contributed by atoms with Crippen molar-refractivity contribution >= 4 is 56.5 Å². The maximum absolute atomic E-state index is 12.5. The molecule has 0 saturated heterocycles. The number of carbonyl (C=O) groups is 2. The summed E-state index contributed by atoms with van der Waals surface area (Å²) < 4.78 is 0.988. The van der Waals surface area contributed by atoms with Crippen molar-refractivity contribution in [3.63, 3.8) is 0 Å². The van der Waals surface area contributed by atoms with Crippen molar-refractivity contribution in [2.24, 2.45) is 0 Å². The van der Waals surface area contributed by atoms with E-state index in [-0.39, 0.29) is 24.1 Å². The van der Waals surface area contributed by atoms with Crippen LogP contribution in [0.4, 0.5) is 0 Å². The topological polar surface area (TPSA) is 75.2 Å². The van der Waals surface area contributed by atoms with Gasteiger partial charge in [-0.1, -0.05) is 17.8 Å². The third kappa shape index (κ3) is 4.80. The molecule has 0 atom stereocenters. The molecule has 6 nitrogen and oxygen atoms in total. The third-order valence-corrected chi connectivity index (χ3v) is 6.54. The van der Waals surface area contributed by atoms with Gasteiger partial charge in [-0.2, -0.15) is 0 Å². The standard InChI is InChI=1S/C17H18N4O2S3/c1-2-21(9-14(22)18-8-12-4-3-6-24-12)15(23)10-26-17-16-13(5-7-25-16)19-11-20-17/h3-7,11H,2,8-10H2,1H3,(H,18,22). The molecule has 0 aromatic carbocycles. The second-order valence-corrected chi connectivity index (χ2v) is 8.28. The van der Waals surface area contributed by atoms with Gasteiger partial charge in [-0.05, 0) is 29.8 Å². The lowest BCUT2D eigenvalue weighted by molar-refractivity contribution is -0.133. The highest BCUT2D eigenvalue weighted by Gasteiger charge is 2.17. The van der Waals surface area contributed by atoms with Gasteiger partial charge in [0.05, 0.1) is 29.1 Å². The average Bonchev–Trinajstić information content (AvgIpc) is 3.33. The Hall–Kier alpha value is -1.97. The van der Waals surface area contributed by atoms with E-state index in [9.17, 15) is 9.59 Å². The summed E-state index contributed by atoms with van der Waals surface area (Å²) in [4.78, 5) is 35.7. The molecule has 3 heterocycles. The molecule has 0 fully saturated rings. The Morgan fingerprint density at radius 2 is 2.12 bits per heavy atom. The van der Waals surface area contributed by atoms with E-state index in [1.54, 1.807) is 27.6 Å². The summed E-state index contributed by atoms with van der Waals surface area (Å²) in [6, 6.07) is 5.85. The zero-order chi connectivity index (χ0) is 18.4. The number of hydrogen-bond donors (Lipinski definition) is 1. The molecule has 3 aromatic heterocycles. The quantitative estimate of drug-likeness (QED) is 0.460. The molecule has 0 bridgehead atoms. The first-order chi connectivity index (χ1) is 12.7. The van der Waals surface area contributed by atoms with Crippen molar-refractivity contribution in [1.82, 2.24) is 20.2 Å². The van der Waals surface area contributed by atoms with Crippen molar-refractivity contribution in [1.29, 1.82) is 0 Å². The maximum Gasteiger partial charge on any atom is 0.239 e. The number of rotatable bonds is 8. The number of aromatic nitrogens is 2. The zero-order valence-electron chi connectivity index (χ0n) is 14.2. The second-order valence-electron chi connectivity index (χ2n) is 5.37. The van der Waals surface area contributed by atoms with Crippen molar-refractivity contribution in [2.45, 2.75) is 18.5 Å². The number of thioether (sulfide) groups is 1. The molecule has 3 aromatic rings. The van der Waals surface area contributed by atoms with Gasteiger partial charge in [0.1, 0.15) is 11.4 Å². The van der Waals surface area contributed by atoms with Crippen LogP contribution in [0.15, 0.2) is 40.3 Å². The van der Waals surface area contributed by atoms with Crippen LogP contribution < -0.4 is 5.32 Å². The first kappa shape index (κ1) is 18.8. The molecular formula is C17H18N4O2S3. The summed E-state index contributed by atoms with van der Waals surface area (Å²) in [5.74, 6) is 0.0177. The van der Waals surface area contributed by atoms with Crippen LogP contribution in [0.2, 0.25) is 0 Å². The van der Waals surface area contributed by atoms with Crippen molar-refractivity contribution in [3.05, 3.63) is 40.2 Å². The molecule has 2 amide bonds. The summed E-state index contributed by atoms with van der Waals surface area (Å²) >= 11 is 4.54. The van der Waals surface area contributed by atoms with E-state index in [0.29, 0.717) is 13.1 Å². The lowest BCUT2D eigenvalue weighted by Gasteiger charge is -2.20. The predicted molar refractivity (Wildman–Crippen MR) is 107 cm³/mol. The minimum absolute atomic E-state index is 0.0689. The van der Waals surface area contributed by atoms with Crippen LogP contribution in [0.5, 0.6) is 0 Å². The minimum Gasteiger partial charge on any atom is -0.350 e. The van der Waals surface area contributed by atoms with Gasteiger partial charge in [0.2, 0.25) is 11.8 Å². The van der Waals surface area contributed by atoms with Crippen LogP contribution >= 0.6 is 34.4 Å². The number of hydrogen-bond acceptors (Lipinski definition) is 7. The number of fused-ring (bicyclic) bond motifs is 1. The number of carbonyl (C=O) groups excluding carboxylic acids is 2. The molecule has 0 unspecified atom stereocenters. The summed E-state index contributed by atoms with van der Waals surface area (Å²) in [5.41, 5.74) is 0.889. The summed E-state index contributed by atoms with van der Waals surface area (Å²) in [5, 5.41) is 7.58. The molecule has 0 spiro atoms. The monoisotopic (exact) mass is 406 g/mol. The first-order valence-corrected chi connectivity index (χ1v) is 10.8. The number of nitrogens with one attached hydrogen (secondary N) is 1. The fraction of sp³-hybridized carbons (Fsp3) is 0.294. The van der Waals surface area contributed by atoms with Gasteiger partial charge in [-0.15, -0.1) is 22.7 Å². The Morgan fingerprint density at radius 1 is 1.23 bits per heavy atom. The van der Waals surface area contributed by atoms with E-state index in [1.807, 2.05) is 35.9 Å². The highest BCUT2D eigenvalue weighted by Crippen LogP contribution is 2.28. The molecule has 136 valence electrons. The van der Waals surface area contributed by atoms with Gasteiger partial charge in [-0.3, -0.25) is 9.59 Å². The number of amides is 2. The molecule has 0 radical (unpaired) electrons. The van der Waals surface area contributed by atoms with Crippen LogP contribution in [-0.2, 0) is 16.1 Å². The predicted octanol–water partition coefficient (Wildman–Crippen LogP) is 3.01. The van der Waals surface area contributed by atoms with E-state index in [1.165, 1.54) is 18.1 Å². The highest BCUT2D eigenvalue weighted by molar-refractivity contribution is 8.00. The van der Waals surface area contributed by atoms with Gasteiger partial charge in [0.15, 0.2) is 0 Å². The molecule has 0 aliphatic heterocycles. The lowest BCUT2D eigenvalue weighted by atomic mass is 10.4. The van der Waals surface area contributed by atoms with Gasteiger partial charge < -0.3 is 10.2 Å². The third-order valence-electron chi connectivity index (χ3n) is 3.65. The van der Waals surface area contributed by atoms with E-state index in [0.717, 1.165) is 20.1 Å². The Morgan fingerprint density at radius 3 is 2.88 bits per heavy atom. The Balaban J connectivity index is 1.51. The fourth-order valence-electron chi connectivity index (χ4n) is 2.29. The highest BCUT2D eigenvalue weighted by atomic mass is 32.2. The van der Waals surface area contributed by atoms with E-state index >= 15 is 0 Å². The zero-order valence-corrected chi connectivity index (χ0v) is 16.6. The lowest BCUT2D eigenvalue weighted by Crippen LogP contribution is -2.41. The smallest absolute Gasteiger partial charge is 0.239 e. The minimum atomic E-state index is -0.152. The van der Waals surface area contributed by atoms with Gasteiger partial charge >= 0.3 is 0 Å². The molecule has 9 heteroatoms. The molecule has 26 heavy (non-hydrogen) atoms. The van der Waals surface area contributed by atoms with Crippen molar-refractivity contribution in [2.75, 3.05) is 18.8 Å². The largest absolute Gasteiger partial charge is 0.350 e. The molecule has 3 rings (SSSR count). The van der Waals surface area contributed by atoms with Crippen LogP contribution in [-0.4, -0.2) is 45.5 Å². The molecule has 0 aliphatic rings. The Labute approximate surface area is 163 Å². The molecular weight excluding hydrogens is 388 g/mol. The Bertz CT molecular complexity index is 879. The van der Waals surface area contributed by atoms with E-state index < -0.39 is 0 Å². The summed E-state index contributed by atoms with van der Waals surface area (Å²) in [6.07, 6.45) is 1.51. The van der Waals surface area contributed by atoms with E-state index in [4.69, 9.17) is 0 Å². The summed E-state index contributed by atoms with van der Waals surface area (Å²) in [6.45, 7) is 2.93. The van der Waals surface area contributed by atoms with Crippen LogP contribution in [0.3, 0.4) is 0 Å². The maximum atomic E-state index is 12.5. The fourth-order valence-corrected chi connectivity index (χ4v) is 4.79. The van der Waals surface area contributed by atoms with Gasteiger partial charge in [0, 0.05) is 11.4 Å². The second kappa shape index (κ2) is 9.11. The molecule has 0 saturated carbocycles. The SMILES string of the molecule is CCN(CC(=O)NCc1cccs1)C(=O)CSc1ncnc2ccsc12. The first-order valence-electron chi connectivity index (χ1n) is 8.05. The van der Waals surface area contributed by atoms with Crippen LogP contribution in [0, 0.1) is 0 Å². The number of likely N-dealkylation sites (N-methyl/N-ethyl adjacent to an activating group) is 1. The normalized spacial score (nSPS) is 10.8. The average molecular weight is 407 g/mol. The Kier molecular flexibility index (Phi) is 6.59. The number of thiophene rings is 2. The van der Waals surface area contributed by atoms with Crippen molar-refractivity contribution < 1.29 is 9.59 Å². The molecule has 1 N–H and O–H groups in total. The van der Waals surface area contributed by atoms with Gasteiger partial charge in [0.25, 0.3) is 0 Å². The molecule has 0 aliphatic carbocycles. The van der Waals surface area contributed by atoms with Gasteiger partial charge in [-0.25, -0.2) is 9.97 Å².